The van der Waals surface area contributed by atoms with E-state index in [1.54, 1.807) is 0 Å². The maximum atomic E-state index is 6.27. The van der Waals surface area contributed by atoms with Crippen molar-refractivity contribution in [1.29, 1.82) is 0 Å². The number of benzene rings is 1. The highest BCUT2D eigenvalue weighted by Gasteiger charge is 2.31. The second kappa shape index (κ2) is 5.49. The van der Waals surface area contributed by atoms with Crippen LogP contribution in [0.4, 0.5) is 0 Å². The molecule has 1 aromatic carbocycles. The Morgan fingerprint density at radius 3 is 2.83 bits per heavy atom. The van der Waals surface area contributed by atoms with Crippen LogP contribution in [-0.4, -0.2) is 29.7 Å². The van der Waals surface area contributed by atoms with E-state index in [1.165, 1.54) is 5.56 Å². The monoisotopic (exact) mass is 331 g/mol. The summed E-state index contributed by atoms with van der Waals surface area (Å²) in [5, 5.41) is 0.821. The van der Waals surface area contributed by atoms with Gasteiger partial charge in [0.25, 0.3) is 0 Å². The summed E-state index contributed by atoms with van der Waals surface area (Å²) in [4.78, 5) is 2.41. The largest absolute Gasteiger partial charge is 0.370 e. The highest BCUT2D eigenvalue weighted by molar-refractivity contribution is 9.10. The van der Waals surface area contributed by atoms with Crippen molar-refractivity contribution >= 4 is 27.5 Å². The maximum absolute atomic E-state index is 6.27. The molecule has 1 heterocycles. The molecule has 1 unspecified atom stereocenters. The smallest absolute Gasteiger partial charge is 0.0757 e. The summed E-state index contributed by atoms with van der Waals surface area (Å²) in [6, 6.07) is 6.07. The van der Waals surface area contributed by atoms with Crippen LogP contribution >= 0.6 is 27.5 Å². The molecule has 4 heteroatoms. The van der Waals surface area contributed by atoms with Crippen molar-refractivity contribution in [3.63, 3.8) is 0 Å². The van der Waals surface area contributed by atoms with Crippen LogP contribution in [0.15, 0.2) is 22.7 Å². The second-order valence-corrected chi connectivity index (χ2v) is 6.92. The Morgan fingerprint density at radius 1 is 1.50 bits per heavy atom. The van der Waals surface area contributed by atoms with E-state index in [9.17, 15) is 0 Å². The number of nitrogens with zero attached hydrogens (tertiary/aromatic N) is 1. The van der Waals surface area contributed by atoms with E-state index >= 15 is 0 Å². The van der Waals surface area contributed by atoms with E-state index in [2.05, 4.69) is 47.7 Å². The van der Waals surface area contributed by atoms with Crippen molar-refractivity contribution < 1.29 is 4.74 Å². The molecule has 1 saturated heterocycles. The molecule has 1 fully saturated rings. The molecule has 100 valence electrons. The Labute approximate surface area is 122 Å². The lowest BCUT2D eigenvalue weighted by atomic mass is 10.0. The number of morpholine rings is 1. The van der Waals surface area contributed by atoms with Crippen LogP contribution in [0.2, 0.25) is 5.02 Å². The van der Waals surface area contributed by atoms with Gasteiger partial charge in [-0.3, -0.25) is 4.90 Å². The highest BCUT2D eigenvalue weighted by Crippen LogP contribution is 2.26. The number of hydrogen-bond donors (Lipinski definition) is 0. The second-order valence-electron chi connectivity index (χ2n) is 5.59. The SMILES string of the molecule is CC1CN(Cc2ccc(Br)cc2Cl)CC(C)(C)O1. The van der Waals surface area contributed by atoms with Gasteiger partial charge >= 0.3 is 0 Å². The van der Waals surface area contributed by atoms with Gasteiger partial charge in [-0.15, -0.1) is 0 Å². The third-order valence-corrected chi connectivity index (χ3v) is 3.89. The van der Waals surface area contributed by atoms with Crippen LogP contribution in [0.25, 0.3) is 0 Å². The average Bonchev–Trinajstić information content (AvgIpc) is 2.19. The minimum atomic E-state index is -0.0838. The van der Waals surface area contributed by atoms with Crippen LogP contribution in [0.5, 0.6) is 0 Å². The first-order chi connectivity index (χ1) is 8.35. The van der Waals surface area contributed by atoms with E-state index in [4.69, 9.17) is 16.3 Å². The molecule has 18 heavy (non-hydrogen) atoms. The van der Waals surface area contributed by atoms with E-state index in [0.717, 1.165) is 29.1 Å². The van der Waals surface area contributed by atoms with Gasteiger partial charge in [0, 0.05) is 29.1 Å². The third kappa shape index (κ3) is 3.70. The third-order valence-electron chi connectivity index (χ3n) is 3.05. The van der Waals surface area contributed by atoms with Crippen molar-refractivity contribution in [2.24, 2.45) is 0 Å². The van der Waals surface area contributed by atoms with Gasteiger partial charge in [-0.1, -0.05) is 33.6 Å². The molecule has 1 aliphatic heterocycles. The first kappa shape index (κ1) is 14.3. The highest BCUT2D eigenvalue weighted by atomic mass is 79.9. The summed E-state index contributed by atoms with van der Waals surface area (Å²) in [6.45, 7) is 9.16. The summed E-state index contributed by atoms with van der Waals surface area (Å²) < 4.78 is 6.93. The molecular formula is C14H19BrClNO. The molecule has 0 bridgehead atoms. The Hall–Kier alpha value is -0.0900. The molecule has 1 aromatic rings. The number of halogens is 2. The van der Waals surface area contributed by atoms with Crippen molar-refractivity contribution in [2.45, 2.75) is 39.0 Å². The Balaban J connectivity index is 2.09. The summed E-state index contributed by atoms with van der Waals surface area (Å²) >= 11 is 9.70. The predicted octanol–water partition coefficient (Wildman–Crippen LogP) is 4.10. The summed E-state index contributed by atoms with van der Waals surface area (Å²) in [5.41, 5.74) is 1.09. The molecule has 0 saturated carbocycles. The average molecular weight is 333 g/mol. The van der Waals surface area contributed by atoms with Gasteiger partial charge in [0.1, 0.15) is 0 Å². The van der Waals surface area contributed by atoms with Gasteiger partial charge in [0.05, 0.1) is 11.7 Å². The Kier molecular flexibility index (Phi) is 4.37. The predicted molar refractivity (Wildman–Crippen MR) is 79.1 cm³/mol. The standard InChI is InChI=1S/C14H19BrClNO/c1-10-7-17(9-14(2,3)18-10)8-11-4-5-12(15)6-13(11)16/h4-6,10H,7-9H2,1-3H3. The normalized spacial score (nSPS) is 24.2. The van der Waals surface area contributed by atoms with Crippen LogP contribution in [0.3, 0.4) is 0 Å². The molecule has 1 aliphatic rings. The van der Waals surface area contributed by atoms with E-state index < -0.39 is 0 Å². The first-order valence-corrected chi connectivity index (χ1v) is 7.37. The molecule has 0 N–H and O–H groups in total. The van der Waals surface area contributed by atoms with Crippen molar-refractivity contribution in [1.82, 2.24) is 4.90 Å². The number of rotatable bonds is 2. The fraction of sp³-hybridized carbons (Fsp3) is 0.571. The Bertz CT molecular complexity index is 436. The summed E-state index contributed by atoms with van der Waals surface area (Å²) in [5.74, 6) is 0. The minimum absolute atomic E-state index is 0.0838. The molecule has 0 aliphatic carbocycles. The zero-order valence-electron chi connectivity index (χ0n) is 11.0. The Morgan fingerprint density at radius 2 is 2.22 bits per heavy atom. The topological polar surface area (TPSA) is 12.5 Å². The van der Waals surface area contributed by atoms with Gasteiger partial charge in [-0.25, -0.2) is 0 Å². The fourth-order valence-electron chi connectivity index (χ4n) is 2.60. The van der Waals surface area contributed by atoms with Gasteiger partial charge in [-0.2, -0.15) is 0 Å². The van der Waals surface area contributed by atoms with Gasteiger partial charge in [-0.05, 0) is 38.5 Å². The van der Waals surface area contributed by atoms with E-state index in [1.807, 2.05) is 12.1 Å². The minimum Gasteiger partial charge on any atom is -0.370 e. The molecule has 2 nitrogen and oxygen atoms in total. The molecule has 0 spiro atoms. The maximum Gasteiger partial charge on any atom is 0.0757 e. The number of hydrogen-bond acceptors (Lipinski definition) is 2. The first-order valence-electron chi connectivity index (χ1n) is 6.20. The lowest BCUT2D eigenvalue weighted by Gasteiger charge is -2.41. The molecule has 0 aromatic heterocycles. The van der Waals surface area contributed by atoms with Crippen molar-refractivity contribution in [3.05, 3.63) is 33.3 Å². The molecule has 2 rings (SSSR count). The van der Waals surface area contributed by atoms with Crippen LogP contribution < -0.4 is 0 Å². The zero-order chi connectivity index (χ0) is 13.3. The zero-order valence-corrected chi connectivity index (χ0v) is 13.4. The van der Waals surface area contributed by atoms with Gasteiger partial charge < -0.3 is 4.74 Å². The van der Waals surface area contributed by atoms with Crippen molar-refractivity contribution in [3.8, 4) is 0 Å². The van der Waals surface area contributed by atoms with E-state index in [0.29, 0.717) is 0 Å². The van der Waals surface area contributed by atoms with Crippen LogP contribution in [0, 0.1) is 0 Å². The fourth-order valence-corrected chi connectivity index (χ4v) is 3.33. The summed E-state index contributed by atoms with van der Waals surface area (Å²) in [6.07, 6.45) is 0.267. The van der Waals surface area contributed by atoms with Gasteiger partial charge in [0.15, 0.2) is 0 Å². The lowest BCUT2D eigenvalue weighted by Crippen LogP contribution is -2.51. The molecule has 1 atom stereocenters. The quantitative estimate of drug-likeness (QED) is 0.808. The molecule has 0 amide bonds. The van der Waals surface area contributed by atoms with E-state index in [-0.39, 0.29) is 11.7 Å². The summed E-state index contributed by atoms with van der Waals surface area (Å²) in [7, 11) is 0. The van der Waals surface area contributed by atoms with Crippen LogP contribution in [-0.2, 0) is 11.3 Å². The molecular weight excluding hydrogens is 314 g/mol. The van der Waals surface area contributed by atoms with Crippen molar-refractivity contribution in [2.75, 3.05) is 13.1 Å². The molecule has 0 radical (unpaired) electrons. The lowest BCUT2D eigenvalue weighted by molar-refractivity contribution is -0.130. The van der Waals surface area contributed by atoms with Gasteiger partial charge in [0.2, 0.25) is 0 Å². The van der Waals surface area contributed by atoms with Crippen LogP contribution in [0.1, 0.15) is 26.3 Å². The number of ether oxygens (including phenoxy) is 1.